The molecule has 0 radical (unpaired) electrons. The van der Waals surface area contributed by atoms with E-state index in [1.54, 1.807) is 11.1 Å². The molecule has 0 rings (SSSR count). The van der Waals surface area contributed by atoms with Crippen LogP contribution in [-0.2, 0) is 0 Å². The van der Waals surface area contributed by atoms with Gasteiger partial charge in [-0.2, -0.15) is 0 Å². The fourth-order valence-corrected chi connectivity index (χ4v) is 1.80. The lowest BCUT2D eigenvalue weighted by atomic mass is 9.82. The second kappa shape index (κ2) is 6.27. The fourth-order valence-electron chi connectivity index (χ4n) is 1.80. The molecule has 0 saturated carbocycles. The third-order valence-corrected chi connectivity index (χ3v) is 3.84. The van der Waals surface area contributed by atoms with Crippen molar-refractivity contribution in [3.63, 3.8) is 0 Å². The van der Waals surface area contributed by atoms with Gasteiger partial charge in [0.15, 0.2) is 0 Å². The largest absolute Gasteiger partial charge is 0.0747 e. The molecule has 0 spiro atoms. The van der Waals surface area contributed by atoms with Crippen LogP contribution in [0.2, 0.25) is 0 Å². The molecule has 0 aliphatic heterocycles. The van der Waals surface area contributed by atoms with Crippen LogP contribution < -0.4 is 0 Å². The van der Waals surface area contributed by atoms with E-state index in [2.05, 4.69) is 48.5 Å². The predicted molar refractivity (Wildman–Crippen MR) is 66.4 cm³/mol. The van der Waals surface area contributed by atoms with Gasteiger partial charge in [0.25, 0.3) is 0 Å². The third kappa shape index (κ3) is 4.30. The molecule has 0 amide bonds. The van der Waals surface area contributed by atoms with Gasteiger partial charge in [-0.3, -0.25) is 0 Å². The van der Waals surface area contributed by atoms with Crippen LogP contribution in [0.4, 0.5) is 0 Å². The molecule has 0 aliphatic rings. The Balaban J connectivity index is 4.25. The summed E-state index contributed by atoms with van der Waals surface area (Å²) in [6, 6.07) is 0. The van der Waals surface area contributed by atoms with Crippen LogP contribution in [0.15, 0.2) is 11.1 Å². The highest BCUT2D eigenvalue weighted by atomic mass is 14.2. The molecule has 0 aromatic heterocycles. The SMILES string of the molecule is CC/C(C)=C(/C)C[C@H](C)[C@@H](C)C(C)C. The first kappa shape index (κ1) is 13.7. The van der Waals surface area contributed by atoms with E-state index in [1.165, 1.54) is 12.8 Å². The molecule has 0 unspecified atom stereocenters. The zero-order valence-corrected chi connectivity index (χ0v) is 11.1. The summed E-state index contributed by atoms with van der Waals surface area (Å²) >= 11 is 0. The van der Waals surface area contributed by atoms with Crippen molar-refractivity contribution in [1.29, 1.82) is 0 Å². The number of hydrogen-bond donors (Lipinski definition) is 0. The summed E-state index contributed by atoms with van der Waals surface area (Å²) in [5.74, 6) is 2.45. The van der Waals surface area contributed by atoms with Crippen molar-refractivity contribution in [2.45, 2.75) is 61.3 Å². The Morgan fingerprint density at radius 2 is 1.43 bits per heavy atom. The zero-order valence-electron chi connectivity index (χ0n) is 11.1. The molecule has 0 heterocycles. The Hall–Kier alpha value is -0.260. The summed E-state index contributed by atoms with van der Waals surface area (Å²) in [7, 11) is 0. The Morgan fingerprint density at radius 1 is 0.929 bits per heavy atom. The summed E-state index contributed by atoms with van der Waals surface area (Å²) in [6.45, 7) is 16.2. The molecule has 84 valence electrons. The highest BCUT2D eigenvalue weighted by molar-refractivity contribution is 5.09. The van der Waals surface area contributed by atoms with E-state index in [9.17, 15) is 0 Å². The predicted octanol–water partition coefficient (Wildman–Crippen LogP) is 5.05. The van der Waals surface area contributed by atoms with E-state index in [0.29, 0.717) is 0 Å². The van der Waals surface area contributed by atoms with Gasteiger partial charge in [0.2, 0.25) is 0 Å². The average molecular weight is 196 g/mol. The van der Waals surface area contributed by atoms with Crippen LogP contribution in [-0.4, -0.2) is 0 Å². The van der Waals surface area contributed by atoms with Gasteiger partial charge in [0.1, 0.15) is 0 Å². The normalized spacial score (nSPS) is 18.0. The molecular weight excluding hydrogens is 168 g/mol. The molecular formula is C14H28. The van der Waals surface area contributed by atoms with Gasteiger partial charge in [-0.05, 0) is 44.4 Å². The first-order valence-electron chi connectivity index (χ1n) is 6.05. The quantitative estimate of drug-likeness (QED) is 0.540. The van der Waals surface area contributed by atoms with Gasteiger partial charge in [-0.25, -0.2) is 0 Å². The maximum absolute atomic E-state index is 2.39. The molecule has 0 nitrogen and oxygen atoms in total. The highest BCUT2D eigenvalue weighted by Crippen LogP contribution is 2.27. The van der Waals surface area contributed by atoms with Gasteiger partial charge in [0, 0.05) is 0 Å². The summed E-state index contributed by atoms with van der Waals surface area (Å²) in [4.78, 5) is 0. The average Bonchev–Trinajstić information content (AvgIpc) is 2.14. The molecule has 0 heteroatoms. The van der Waals surface area contributed by atoms with E-state index in [0.717, 1.165) is 17.8 Å². The van der Waals surface area contributed by atoms with Crippen molar-refractivity contribution in [2.24, 2.45) is 17.8 Å². The van der Waals surface area contributed by atoms with Crippen molar-refractivity contribution < 1.29 is 0 Å². The first-order chi connectivity index (χ1) is 6.40. The molecule has 14 heavy (non-hydrogen) atoms. The molecule has 0 N–H and O–H groups in total. The van der Waals surface area contributed by atoms with Crippen LogP contribution in [0, 0.1) is 17.8 Å². The van der Waals surface area contributed by atoms with Crippen molar-refractivity contribution in [2.75, 3.05) is 0 Å². The lowest BCUT2D eigenvalue weighted by molar-refractivity contribution is 0.294. The topological polar surface area (TPSA) is 0 Å². The number of allylic oxidation sites excluding steroid dienone is 2. The minimum Gasteiger partial charge on any atom is -0.0747 e. The van der Waals surface area contributed by atoms with E-state index in [4.69, 9.17) is 0 Å². The van der Waals surface area contributed by atoms with Gasteiger partial charge in [-0.1, -0.05) is 45.8 Å². The van der Waals surface area contributed by atoms with Crippen LogP contribution in [0.1, 0.15) is 61.3 Å². The van der Waals surface area contributed by atoms with E-state index >= 15 is 0 Å². The Morgan fingerprint density at radius 3 is 1.79 bits per heavy atom. The molecule has 0 fully saturated rings. The lowest BCUT2D eigenvalue weighted by Crippen LogP contribution is -2.14. The van der Waals surface area contributed by atoms with Crippen LogP contribution in [0.3, 0.4) is 0 Å². The molecule has 0 aromatic rings. The highest BCUT2D eigenvalue weighted by Gasteiger charge is 2.16. The Labute approximate surface area is 90.8 Å². The maximum Gasteiger partial charge on any atom is -0.0292 e. The standard InChI is InChI=1S/C14H28/c1-8-11(4)12(5)9-13(6)14(7)10(2)3/h10,13-14H,8-9H2,1-7H3/b12-11-/t13-,14-/m0/s1. The molecule has 2 atom stereocenters. The summed E-state index contributed by atoms with van der Waals surface area (Å²) in [5.41, 5.74) is 3.18. The zero-order chi connectivity index (χ0) is 11.3. The van der Waals surface area contributed by atoms with Crippen LogP contribution in [0.5, 0.6) is 0 Å². The minimum absolute atomic E-state index is 0.805. The Kier molecular flexibility index (Phi) is 6.15. The van der Waals surface area contributed by atoms with E-state index in [1.807, 2.05) is 0 Å². The summed E-state index contributed by atoms with van der Waals surface area (Å²) in [5, 5.41) is 0. The summed E-state index contributed by atoms with van der Waals surface area (Å²) < 4.78 is 0. The van der Waals surface area contributed by atoms with Crippen molar-refractivity contribution in [3.05, 3.63) is 11.1 Å². The van der Waals surface area contributed by atoms with Crippen LogP contribution >= 0.6 is 0 Å². The Bertz CT molecular complexity index is 186. The van der Waals surface area contributed by atoms with Crippen molar-refractivity contribution in [3.8, 4) is 0 Å². The second-order valence-corrected chi connectivity index (χ2v) is 5.20. The summed E-state index contributed by atoms with van der Waals surface area (Å²) in [6.07, 6.45) is 2.48. The lowest BCUT2D eigenvalue weighted by Gasteiger charge is -2.24. The minimum atomic E-state index is 0.805. The maximum atomic E-state index is 2.39. The van der Waals surface area contributed by atoms with Gasteiger partial charge in [-0.15, -0.1) is 0 Å². The monoisotopic (exact) mass is 196 g/mol. The van der Waals surface area contributed by atoms with Crippen molar-refractivity contribution >= 4 is 0 Å². The second-order valence-electron chi connectivity index (χ2n) is 5.20. The molecule has 0 saturated heterocycles. The smallest absolute Gasteiger partial charge is 0.0292 e. The third-order valence-electron chi connectivity index (χ3n) is 3.84. The molecule has 0 aliphatic carbocycles. The van der Waals surface area contributed by atoms with Crippen LogP contribution in [0.25, 0.3) is 0 Å². The number of hydrogen-bond acceptors (Lipinski definition) is 0. The van der Waals surface area contributed by atoms with E-state index < -0.39 is 0 Å². The van der Waals surface area contributed by atoms with Gasteiger partial charge in [0.05, 0.1) is 0 Å². The first-order valence-corrected chi connectivity index (χ1v) is 6.05. The number of rotatable bonds is 5. The van der Waals surface area contributed by atoms with Gasteiger partial charge >= 0.3 is 0 Å². The van der Waals surface area contributed by atoms with E-state index in [-0.39, 0.29) is 0 Å². The molecule has 0 aromatic carbocycles. The van der Waals surface area contributed by atoms with Crippen molar-refractivity contribution in [1.82, 2.24) is 0 Å². The fraction of sp³-hybridized carbons (Fsp3) is 0.857. The van der Waals surface area contributed by atoms with Gasteiger partial charge < -0.3 is 0 Å². The molecule has 0 bridgehead atoms.